The van der Waals surface area contributed by atoms with Crippen LogP contribution in [-0.4, -0.2) is 35.3 Å². The standard InChI is InChI=1S/C19H22O4/c1-23-16-11-6-10-15(13-16)18(21)19(22)17(20)12-5-9-14-7-3-2-4-8-14/h2-4,6-8,10-11,13,17,19-20,22H,5,9,12H2,1H3/t17-,19-/m1/s1. The van der Waals surface area contributed by atoms with Gasteiger partial charge in [-0.2, -0.15) is 0 Å². The molecule has 0 amide bonds. The lowest BCUT2D eigenvalue weighted by atomic mass is 9.97. The second-order valence-electron chi connectivity index (χ2n) is 5.49. The first-order valence-corrected chi connectivity index (χ1v) is 7.70. The Bertz CT molecular complexity index is 624. The predicted molar refractivity (Wildman–Crippen MR) is 88.7 cm³/mol. The van der Waals surface area contributed by atoms with E-state index in [-0.39, 0.29) is 0 Å². The van der Waals surface area contributed by atoms with E-state index in [0.29, 0.717) is 24.2 Å². The molecule has 0 radical (unpaired) electrons. The van der Waals surface area contributed by atoms with Crippen molar-refractivity contribution in [2.45, 2.75) is 31.5 Å². The van der Waals surface area contributed by atoms with Gasteiger partial charge >= 0.3 is 0 Å². The molecular weight excluding hydrogens is 292 g/mol. The quantitative estimate of drug-likeness (QED) is 0.735. The molecule has 0 saturated heterocycles. The molecule has 2 N–H and O–H groups in total. The molecule has 4 heteroatoms. The van der Waals surface area contributed by atoms with Gasteiger partial charge in [0, 0.05) is 5.56 Å². The zero-order valence-corrected chi connectivity index (χ0v) is 13.2. The van der Waals surface area contributed by atoms with Gasteiger partial charge in [-0.25, -0.2) is 0 Å². The molecule has 0 aliphatic rings. The molecule has 2 aromatic rings. The van der Waals surface area contributed by atoms with E-state index in [1.165, 1.54) is 12.7 Å². The molecule has 23 heavy (non-hydrogen) atoms. The van der Waals surface area contributed by atoms with Crippen LogP contribution < -0.4 is 4.74 Å². The number of aryl methyl sites for hydroxylation is 1. The van der Waals surface area contributed by atoms with Crippen molar-refractivity contribution >= 4 is 5.78 Å². The maximum absolute atomic E-state index is 12.2. The molecule has 0 aliphatic carbocycles. The molecule has 0 heterocycles. The average Bonchev–Trinajstić information content (AvgIpc) is 2.61. The minimum atomic E-state index is -1.42. The van der Waals surface area contributed by atoms with E-state index >= 15 is 0 Å². The van der Waals surface area contributed by atoms with Crippen molar-refractivity contribution in [3.63, 3.8) is 0 Å². The fourth-order valence-corrected chi connectivity index (χ4v) is 2.44. The van der Waals surface area contributed by atoms with Gasteiger partial charge in [0.25, 0.3) is 0 Å². The van der Waals surface area contributed by atoms with E-state index in [4.69, 9.17) is 4.74 Å². The molecule has 4 nitrogen and oxygen atoms in total. The van der Waals surface area contributed by atoms with Gasteiger partial charge in [0.05, 0.1) is 13.2 Å². The van der Waals surface area contributed by atoms with Crippen molar-refractivity contribution in [2.75, 3.05) is 7.11 Å². The number of benzene rings is 2. The van der Waals surface area contributed by atoms with Crippen LogP contribution in [0.2, 0.25) is 0 Å². The number of hydrogen-bond donors (Lipinski definition) is 2. The summed E-state index contributed by atoms with van der Waals surface area (Å²) in [5.74, 6) is 0.0535. The summed E-state index contributed by atoms with van der Waals surface area (Å²) in [5, 5.41) is 20.1. The molecule has 0 saturated carbocycles. The molecule has 0 fully saturated rings. The van der Waals surface area contributed by atoms with E-state index in [9.17, 15) is 15.0 Å². The van der Waals surface area contributed by atoms with Crippen LogP contribution in [0.25, 0.3) is 0 Å². The first-order valence-electron chi connectivity index (χ1n) is 7.70. The highest BCUT2D eigenvalue weighted by Crippen LogP contribution is 2.17. The van der Waals surface area contributed by atoms with Crippen molar-refractivity contribution in [2.24, 2.45) is 0 Å². The number of Topliss-reactive ketones (excluding diaryl/α,β-unsaturated/α-hetero) is 1. The van der Waals surface area contributed by atoms with Crippen LogP contribution in [0.1, 0.15) is 28.8 Å². The zero-order chi connectivity index (χ0) is 16.7. The number of hydrogen-bond acceptors (Lipinski definition) is 4. The molecule has 122 valence electrons. The Labute approximate surface area is 136 Å². The Morgan fingerprint density at radius 3 is 2.52 bits per heavy atom. The number of ketones is 1. The average molecular weight is 314 g/mol. The summed E-state index contributed by atoms with van der Waals surface area (Å²) in [4.78, 5) is 12.2. The number of ether oxygens (including phenoxy) is 1. The summed E-state index contributed by atoms with van der Waals surface area (Å²) in [7, 11) is 1.51. The number of carbonyl (C=O) groups is 1. The lowest BCUT2D eigenvalue weighted by Crippen LogP contribution is -2.34. The highest BCUT2D eigenvalue weighted by Gasteiger charge is 2.25. The minimum Gasteiger partial charge on any atom is -0.497 e. The van der Waals surface area contributed by atoms with Gasteiger partial charge in [-0.15, -0.1) is 0 Å². The summed E-state index contributed by atoms with van der Waals surface area (Å²) in [5.41, 5.74) is 1.51. The molecule has 0 bridgehead atoms. The van der Waals surface area contributed by atoms with Gasteiger partial charge in [0.1, 0.15) is 11.9 Å². The monoisotopic (exact) mass is 314 g/mol. The molecule has 0 aromatic heterocycles. The largest absolute Gasteiger partial charge is 0.497 e. The lowest BCUT2D eigenvalue weighted by Gasteiger charge is -2.17. The summed E-state index contributed by atoms with van der Waals surface area (Å²) in [6.07, 6.45) is -0.618. The van der Waals surface area contributed by atoms with Gasteiger partial charge < -0.3 is 14.9 Å². The fourth-order valence-electron chi connectivity index (χ4n) is 2.44. The number of aliphatic hydroxyl groups is 2. The Morgan fingerprint density at radius 2 is 1.83 bits per heavy atom. The Balaban J connectivity index is 1.88. The van der Waals surface area contributed by atoms with Crippen molar-refractivity contribution in [1.82, 2.24) is 0 Å². The number of methoxy groups -OCH3 is 1. The third kappa shape index (κ3) is 4.91. The van der Waals surface area contributed by atoms with Crippen LogP contribution in [0.3, 0.4) is 0 Å². The zero-order valence-electron chi connectivity index (χ0n) is 13.2. The van der Waals surface area contributed by atoms with Crippen LogP contribution >= 0.6 is 0 Å². The van der Waals surface area contributed by atoms with Crippen LogP contribution in [0.15, 0.2) is 54.6 Å². The predicted octanol–water partition coefficient (Wildman–Crippen LogP) is 2.62. The van der Waals surface area contributed by atoms with Crippen molar-refractivity contribution < 1.29 is 19.7 Å². The SMILES string of the molecule is COc1cccc(C(=O)[C@H](O)[C@H](O)CCCc2ccccc2)c1. The smallest absolute Gasteiger partial charge is 0.194 e. The fraction of sp³-hybridized carbons (Fsp3) is 0.316. The highest BCUT2D eigenvalue weighted by molar-refractivity contribution is 6.00. The third-order valence-electron chi connectivity index (χ3n) is 3.80. The van der Waals surface area contributed by atoms with E-state index in [2.05, 4.69) is 0 Å². The van der Waals surface area contributed by atoms with Gasteiger partial charge in [-0.05, 0) is 37.0 Å². The highest BCUT2D eigenvalue weighted by atomic mass is 16.5. The van der Waals surface area contributed by atoms with E-state index in [0.717, 1.165) is 6.42 Å². The molecule has 2 rings (SSSR count). The third-order valence-corrected chi connectivity index (χ3v) is 3.80. The Morgan fingerprint density at radius 1 is 1.09 bits per heavy atom. The summed E-state index contributed by atoms with van der Waals surface area (Å²) >= 11 is 0. The second kappa shape index (κ2) is 8.46. The van der Waals surface area contributed by atoms with Crippen LogP contribution in [0, 0.1) is 0 Å². The lowest BCUT2D eigenvalue weighted by molar-refractivity contribution is 0.0170. The molecule has 2 aromatic carbocycles. The molecule has 0 spiro atoms. The van der Waals surface area contributed by atoms with E-state index in [1.807, 2.05) is 30.3 Å². The maximum atomic E-state index is 12.2. The molecular formula is C19H22O4. The number of aliphatic hydroxyl groups excluding tert-OH is 2. The molecule has 0 aliphatic heterocycles. The number of rotatable bonds is 8. The molecule has 0 unspecified atom stereocenters. The Hall–Kier alpha value is -2.17. The number of carbonyl (C=O) groups excluding carboxylic acids is 1. The van der Waals surface area contributed by atoms with Gasteiger partial charge in [0.2, 0.25) is 0 Å². The Kier molecular flexibility index (Phi) is 6.32. The van der Waals surface area contributed by atoms with Gasteiger partial charge in [-0.3, -0.25) is 4.79 Å². The van der Waals surface area contributed by atoms with Crippen LogP contribution in [0.4, 0.5) is 0 Å². The van der Waals surface area contributed by atoms with Crippen molar-refractivity contribution in [3.05, 3.63) is 65.7 Å². The van der Waals surface area contributed by atoms with Crippen molar-refractivity contribution in [1.29, 1.82) is 0 Å². The van der Waals surface area contributed by atoms with Crippen LogP contribution in [0.5, 0.6) is 5.75 Å². The van der Waals surface area contributed by atoms with E-state index < -0.39 is 18.0 Å². The maximum Gasteiger partial charge on any atom is 0.194 e. The van der Waals surface area contributed by atoms with Gasteiger partial charge in [0.15, 0.2) is 5.78 Å². The molecule has 2 atom stereocenters. The van der Waals surface area contributed by atoms with Crippen LogP contribution in [-0.2, 0) is 6.42 Å². The topological polar surface area (TPSA) is 66.8 Å². The van der Waals surface area contributed by atoms with Crippen molar-refractivity contribution in [3.8, 4) is 5.75 Å². The summed E-state index contributed by atoms with van der Waals surface area (Å²) < 4.78 is 5.06. The first kappa shape index (κ1) is 17.2. The summed E-state index contributed by atoms with van der Waals surface area (Å²) in [6, 6.07) is 16.5. The minimum absolute atomic E-state index is 0.332. The first-order chi connectivity index (χ1) is 11.1. The summed E-state index contributed by atoms with van der Waals surface area (Å²) in [6.45, 7) is 0. The normalized spacial score (nSPS) is 13.3. The van der Waals surface area contributed by atoms with E-state index in [1.54, 1.807) is 24.3 Å². The van der Waals surface area contributed by atoms with Gasteiger partial charge in [-0.1, -0.05) is 42.5 Å². The second-order valence-corrected chi connectivity index (χ2v) is 5.49.